The summed E-state index contributed by atoms with van der Waals surface area (Å²) in [6.07, 6.45) is 2.85. The van der Waals surface area contributed by atoms with E-state index < -0.39 is 0 Å². The highest BCUT2D eigenvalue weighted by molar-refractivity contribution is 6.32. The smallest absolute Gasteiger partial charge is 0.230 e. The first-order chi connectivity index (χ1) is 9.58. The lowest BCUT2D eigenvalue weighted by atomic mass is 9.97. The molecule has 0 N–H and O–H groups in total. The minimum atomic E-state index is 0.0418. The summed E-state index contributed by atoms with van der Waals surface area (Å²) in [5.74, 6) is 0.954. The zero-order valence-corrected chi connectivity index (χ0v) is 12.9. The number of hydrogen-bond acceptors (Lipinski definition) is 2. The fraction of sp³-hybridized carbons (Fsp3) is 0.438. The maximum atomic E-state index is 12.2. The van der Waals surface area contributed by atoms with Crippen LogP contribution in [0.1, 0.15) is 32.8 Å². The molecule has 2 rings (SSSR count). The van der Waals surface area contributed by atoms with Crippen molar-refractivity contribution in [3.05, 3.63) is 34.9 Å². The minimum Gasteiger partial charge on any atom is -0.494 e. The molecular weight excluding hydrogens is 274 g/mol. The summed E-state index contributed by atoms with van der Waals surface area (Å²) < 4.78 is 5.44. The molecule has 20 heavy (non-hydrogen) atoms. The van der Waals surface area contributed by atoms with Gasteiger partial charge in [-0.2, -0.15) is 0 Å². The third-order valence-corrected chi connectivity index (χ3v) is 3.80. The van der Waals surface area contributed by atoms with E-state index >= 15 is 0 Å². The van der Waals surface area contributed by atoms with Crippen molar-refractivity contribution in [1.82, 2.24) is 4.90 Å². The molecule has 0 bridgehead atoms. The molecule has 0 radical (unpaired) electrons. The van der Waals surface area contributed by atoms with Crippen molar-refractivity contribution in [2.45, 2.75) is 27.2 Å². The second-order valence-electron chi connectivity index (χ2n) is 4.88. The molecule has 1 unspecified atom stereocenters. The molecule has 0 spiro atoms. The van der Waals surface area contributed by atoms with Crippen molar-refractivity contribution < 1.29 is 9.53 Å². The van der Waals surface area contributed by atoms with Gasteiger partial charge in [-0.05, 0) is 38.5 Å². The van der Waals surface area contributed by atoms with Gasteiger partial charge < -0.3 is 9.64 Å². The summed E-state index contributed by atoms with van der Waals surface area (Å²) in [5.41, 5.74) is 1.79. The van der Waals surface area contributed by atoms with E-state index in [4.69, 9.17) is 16.3 Å². The molecule has 1 aliphatic rings. The van der Waals surface area contributed by atoms with E-state index in [-0.39, 0.29) is 11.8 Å². The molecule has 3 nitrogen and oxygen atoms in total. The van der Waals surface area contributed by atoms with Crippen LogP contribution in [0.2, 0.25) is 5.02 Å². The molecule has 4 heteroatoms. The largest absolute Gasteiger partial charge is 0.494 e. The second kappa shape index (κ2) is 6.31. The Morgan fingerprint density at radius 2 is 2.15 bits per heavy atom. The topological polar surface area (TPSA) is 29.5 Å². The molecule has 0 aromatic heterocycles. The summed E-state index contributed by atoms with van der Waals surface area (Å²) in [5, 5.41) is 0.614. The van der Waals surface area contributed by atoms with Gasteiger partial charge >= 0.3 is 0 Å². The monoisotopic (exact) mass is 293 g/mol. The number of ether oxygens (including phenoxy) is 1. The van der Waals surface area contributed by atoms with Crippen LogP contribution in [0.5, 0.6) is 5.75 Å². The maximum Gasteiger partial charge on any atom is 0.230 e. The zero-order valence-electron chi connectivity index (χ0n) is 12.1. The van der Waals surface area contributed by atoms with Crippen molar-refractivity contribution in [1.29, 1.82) is 0 Å². The van der Waals surface area contributed by atoms with Gasteiger partial charge in [0, 0.05) is 23.7 Å². The van der Waals surface area contributed by atoms with Crippen molar-refractivity contribution in [3.63, 3.8) is 0 Å². The molecule has 1 aromatic rings. The fourth-order valence-corrected chi connectivity index (χ4v) is 2.69. The van der Waals surface area contributed by atoms with Crippen LogP contribution in [0.3, 0.4) is 0 Å². The Kier molecular flexibility index (Phi) is 4.71. The van der Waals surface area contributed by atoms with Crippen molar-refractivity contribution >= 4 is 23.2 Å². The standard InChI is InChI=1S/C16H20ClNO2/c1-4-18-15(9-6-11(3)16(18)19)13-8-7-12(20-5-2)10-14(13)17/h7-11H,4-6H2,1-3H3. The molecule has 1 amide bonds. The third-order valence-electron chi connectivity index (χ3n) is 3.49. The van der Waals surface area contributed by atoms with E-state index in [1.807, 2.05) is 32.9 Å². The summed E-state index contributed by atoms with van der Waals surface area (Å²) in [6.45, 7) is 7.13. The molecule has 1 heterocycles. The SMILES string of the molecule is CCOc1ccc(C2=CCC(C)C(=O)N2CC)c(Cl)c1. The second-order valence-corrected chi connectivity index (χ2v) is 5.29. The number of amides is 1. The van der Waals surface area contributed by atoms with E-state index in [1.54, 1.807) is 11.0 Å². The number of carbonyl (C=O) groups is 1. The number of hydrogen-bond donors (Lipinski definition) is 0. The predicted molar refractivity (Wildman–Crippen MR) is 81.8 cm³/mol. The normalized spacial score (nSPS) is 19.0. The van der Waals surface area contributed by atoms with E-state index in [0.717, 1.165) is 23.4 Å². The van der Waals surface area contributed by atoms with Crippen LogP contribution in [0.4, 0.5) is 0 Å². The van der Waals surface area contributed by atoms with Gasteiger partial charge in [-0.3, -0.25) is 4.79 Å². The third kappa shape index (κ3) is 2.83. The maximum absolute atomic E-state index is 12.2. The van der Waals surface area contributed by atoms with E-state index in [0.29, 0.717) is 18.2 Å². The van der Waals surface area contributed by atoms with E-state index in [9.17, 15) is 4.79 Å². The number of allylic oxidation sites excluding steroid dienone is 1. The van der Waals surface area contributed by atoms with Crippen LogP contribution in [-0.2, 0) is 4.79 Å². The van der Waals surface area contributed by atoms with Gasteiger partial charge in [-0.15, -0.1) is 0 Å². The summed E-state index contributed by atoms with van der Waals surface area (Å²) in [6, 6.07) is 5.62. The van der Waals surface area contributed by atoms with Crippen molar-refractivity contribution in [2.24, 2.45) is 5.92 Å². The Morgan fingerprint density at radius 1 is 1.40 bits per heavy atom. The van der Waals surface area contributed by atoms with Gasteiger partial charge in [-0.1, -0.05) is 24.6 Å². The molecule has 1 aliphatic heterocycles. The summed E-state index contributed by atoms with van der Waals surface area (Å²) in [4.78, 5) is 14.0. The van der Waals surface area contributed by atoms with Crippen LogP contribution in [0, 0.1) is 5.92 Å². The molecule has 0 saturated carbocycles. The summed E-state index contributed by atoms with van der Waals surface area (Å²) >= 11 is 6.35. The lowest BCUT2D eigenvalue weighted by molar-refractivity contribution is -0.131. The Morgan fingerprint density at radius 3 is 2.75 bits per heavy atom. The van der Waals surface area contributed by atoms with Crippen LogP contribution in [0.25, 0.3) is 5.70 Å². The average molecular weight is 294 g/mol. The Labute approximate surface area is 125 Å². The van der Waals surface area contributed by atoms with Gasteiger partial charge in [0.2, 0.25) is 5.91 Å². The minimum absolute atomic E-state index is 0.0418. The number of nitrogens with zero attached hydrogens (tertiary/aromatic N) is 1. The molecule has 0 fully saturated rings. The molecule has 1 aromatic carbocycles. The highest BCUT2D eigenvalue weighted by Gasteiger charge is 2.27. The number of benzene rings is 1. The molecule has 108 valence electrons. The number of carbonyl (C=O) groups excluding carboxylic acids is 1. The number of rotatable bonds is 4. The van der Waals surface area contributed by atoms with Crippen LogP contribution >= 0.6 is 11.6 Å². The Hall–Kier alpha value is -1.48. The first-order valence-corrected chi connectivity index (χ1v) is 7.40. The first-order valence-electron chi connectivity index (χ1n) is 7.02. The van der Waals surface area contributed by atoms with Gasteiger partial charge in [0.25, 0.3) is 0 Å². The van der Waals surface area contributed by atoms with Crippen LogP contribution in [-0.4, -0.2) is 24.0 Å². The Balaban J connectivity index is 2.37. The zero-order chi connectivity index (χ0) is 14.7. The van der Waals surface area contributed by atoms with Crippen molar-refractivity contribution in [2.75, 3.05) is 13.2 Å². The summed E-state index contributed by atoms with van der Waals surface area (Å²) in [7, 11) is 0. The molecular formula is C16H20ClNO2. The van der Waals surface area contributed by atoms with Gasteiger partial charge in [-0.25, -0.2) is 0 Å². The highest BCUT2D eigenvalue weighted by Crippen LogP contribution is 2.34. The molecule has 1 atom stereocenters. The predicted octanol–water partition coefficient (Wildman–Crippen LogP) is 3.97. The van der Waals surface area contributed by atoms with Gasteiger partial charge in [0.15, 0.2) is 0 Å². The Bertz CT molecular complexity index is 539. The van der Waals surface area contributed by atoms with Crippen LogP contribution in [0.15, 0.2) is 24.3 Å². The lowest BCUT2D eigenvalue weighted by Crippen LogP contribution is -2.36. The van der Waals surface area contributed by atoms with E-state index in [2.05, 4.69) is 6.08 Å². The molecule has 0 saturated heterocycles. The quantitative estimate of drug-likeness (QED) is 0.841. The fourth-order valence-electron chi connectivity index (χ4n) is 2.43. The van der Waals surface area contributed by atoms with Gasteiger partial charge in [0.1, 0.15) is 5.75 Å². The first kappa shape index (κ1) is 14.9. The van der Waals surface area contributed by atoms with Gasteiger partial charge in [0.05, 0.1) is 11.6 Å². The highest BCUT2D eigenvalue weighted by atomic mass is 35.5. The van der Waals surface area contributed by atoms with Crippen molar-refractivity contribution in [3.8, 4) is 5.75 Å². The average Bonchev–Trinajstić information content (AvgIpc) is 2.43. The molecule has 0 aliphatic carbocycles. The lowest BCUT2D eigenvalue weighted by Gasteiger charge is -2.31. The van der Waals surface area contributed by atoms with E-state index in [1.165, 1.54) is 0 Å². The van der Waals surface area contributed by atoms with Crippen LogP contribution < -0.4 is 4.74 Å². The number of halogens is 1.